The van der Waals surface area contributed by atoms with Crippen molar-refractivity contribution in [1.29, 1.82) is 0 Å². The van der Waals surface area contributed by atoms with Gasteiger partial charge in [0.2, 0.25) is 0 Å². The van der Waals surface area contributed by atoms with Crippen LogP contribution in [0.3, 0.4) is 0 Å². The predicted molar refractivity (Wildman–Crippen MR) is 74.3 cm³/mol. The number of rotatable bonds is 4. The Morgan fingerprint density at radius 3 is 2.41 bits per heavy atom. The molecule has 17 heavy (non-hydrogen) atoms. The van der Waals surface area contributed by atoms with Gasteiger partial charge in [-0.15, -0.1) is 0 Å². The van der Waals surface area contributed by atoms with Crippen molar-refractivity contribution in [1.82, 2.24) is 5.32 Å². The van der Waals surface area contributed by atoms with Crippen LogP contribution in [0.15, 0.2) is 24.3 Å². The molecule has 0 aliphatic heterocycles. The molecule has 1 aromatic rings. The molecular weight excluding hydrogens is 206 g/mol. The Bertz CT molecular complexity index is 371. The summed E-state index contributed by atoms with van der Waals surface area (Å²) in [6.07, 6.45) is 2.77. The van der Waals surface area contributed by atoms with Gasteiger partial charge in [0.05, 0.1) is 0 Å². The van der Waals surface area contributed by atoms with E-state index in [4.69, 9.17) is 0 Å². The molecular formula is C16H25N. The summed E-state index contributed by atoms with van der Waals surface area (Å²) in [6, 6.07) is 9.52. The molecule has 1 aliphatic carbocycles. The molecule has 1 N–H and O–H groups in total. The predicted octanol–water partition coefficient (Wildman–Crippen LogP) is 4.04. The van der Waals surface area contributed by atoms with E-state index in [2.05, 4.69) is 57.3 Å². The maximum absolute atomic E-state index is 3.67. The quantitative estimate of drug-likeness (QED) is 0.824. The normalized spacial score (nSPS) is 18.1. The van der Waals surface area contributed by atoms with Gasteiger partial charge in [-0.3, -0.25) is 0 Å². The van der Waals surface area contributed by atoms with E-state index in [0.717, 1.165) is 12.5 Å². The topological polar surface area (TPSA) is 12.0 Å². The van der Waals surface area contributed by atoms with Crippen molar-refractivity contribution in [2.75, 3.05) is 6.54 Å². The van der Waals surface area contributed by atoms with Crippen molar-refractivity contribution in [3.05, 3.63) is 35.4 Å². The highest BCUT2D eigenvalue weighted by Crippen LogP contribution is 2.43. The monoisotopic (exact) mass is 231 g/mol. The summed E-state index contributed by atoms with van der Waals surface area (Å²) in [5.41, 5.74) is 3.25. The van der Waals surface area contributed by atoms with E-state index in [-0.39, 0.29) is 5.41 Å². The van der Waals surface area contributed by atoms with Gasteiger partial charge in [-0.05, 0) is 41.8 Å². The van der Waals surface area contributed by atoms with Crippen LogP contribution >= 0.6 is 0 Å². The summed E-state index contributed by atoms with van der Waals surface area (Å²) in [5.74, 6) is 0.860. The third kappa shape index (κ3) is 2.90. The first-order valence-electron chi connectivity index (χ1n) is 6.87. The highest BCUT2D eigenvalue weighted by atomic mass is 14.9. The highest BCUT2D eigenvalue weighted by molar-refractivity contribution is 5.36. The Morgan fingerprint density at radius 2 is 1.88 bits per heavy atom. The largest absolute Gasteiger partial charge is 0.310 e. The third-order valence-corrected chi connectivity index (χ3v) is 3.62. The summed E-state index contributed by atoms with van der Waals surface area (Å²) in [7, 11) is 0. The van der Waals surface area contributed by atoms with Gasteiger partial charge in [-0.1, -0.05) is 52.0 Å². The van der Waals surface area contributed by atoms with Crippen molar-refractivity contribution < 1.29 is 0 Å². The lowest BCUT2D eigenvalue weighted by molar-refractivity contribution is 0.477. The molecule has 1 atom stereocenters. The Labute approximate surface area is 106 Å². The first-order chi connectivity index (χ1) is 8.04. The fraction of sp³-hybridized carbons (Fsp3) is 0.625. The van der Waals surface area contributed by atoms with Crippen molar-refractivity contribution >= 4 is 0 Å². The van der Waals surface area contributed by atoms with Crippen LogP contribution in [0.25, 0.3) is 0 Å². The van der Waals surface area contributed by atoms with Gasteiger partial charge in [0.25, 0.3) is 0 Å². The second kappa shape index (κ2) is 4.81. The molecule has 1 fully saturated rings. The molecule has 1 heteroatoms. The van der Waals surface area contributed by atoms with Gasteiger partial charge in [0.1, 0.15) is 0 Å². The van der Waals surface area contributed by atoms with E-state index in [1.165, 1.54) is 24.0 Å². The van der Waals surface area contributed by atoms with Gasteiger partial charge in [-0.2, -0.15) is 0 Å². The second-order valence-electron chi connectivity index (χ2n) is 6.21. The maximum Gasteiger partial charge on any atom is 0.0351 e. The highest BCUT2D eigenvalue weighted by Gasteiger charge is 2.34. The van der Waals surface area contributed by atoms with Crippen LogP contribution in [0.2, 0.25) is 0 Å². The van der Waals surface area contributed by atoms with E-state index < -0.39 is 0 Å². The first kappa shape index (κ1) is 12.6. The third-order valence-electron chi connectivity index (χ3n) is 3.62. The molecule has 1 nitrogen and oxygen atoms in total. The number of nitrogens with one attached hydrogen (secondary N) is 1. The molecule has 0 amide bonds. The van der Waals surface area contributed by atoms with Gasteiger partial charge < -0.3 is 5.32 Å². The lowest BCUT2D eigenvalue weighted by Gasteiger charge is -2.28. The van der Waals surface area contributed by atoms with Crippen molar-refractivity contribution in [3.63, 3.8) is 0 Å². The Morgan fingerprint density at radius 1 is 1.24 bits per heavy atom. The van der Waals surface area contributed by atoms with Crippen LogP contribution in [0.1, 0.15) is 57.7 Å². The van der Waals surface area contributed by atoms with Crippen LogP contribution in [0.5, 0.6) is 0 Å². The second-order valence-corrected chi connectivity index (χ2v) is 6.21. The fourth-order valence-corrected chi connectivity index (χ4v) is 2.63. The zero-order valence-electron chi connectivity index (χ0n) is 11.6. The van der Waals surface area contributed by atoms with Gasteiger partial charge in [0, 0.05) is 6.04 Å². The van der Waals surface area contributed by atoms with Crippen molar-refractivity contribution in [2.24, 2.45) is 5.92 Å². The molecule has 1 saturated carbocycles. The SMILES string of the molecule is CCNC(c1ccccc1C(C)(C)C)C1CC1. The summed E-state index contributed by atoms with van der Waals surface area (Å²) in [6.45, 7) is 10.2. The van der Waals surface area contributed by atoms with Crippen LogP contribution in [-0.4, -0.2) is 6.54 Å². The van der Waals surface area contributed by atoms with E-state index in [1.807, 2.05) is 0 Å². The number of hydrogen-bond acceptors (Lipinski definition) is 1. The molecule has 1 unspecified atom stereocenters. The van der Waals surface area contributed by atoms with Crippen LogP contribution in [-0.2, 0) is 5.41 Å². The molecule has 2 rings (SSSR count). The van der Waals surface area contributed by atoms with Gasteiger partial charge >= 0.3 is 0 Å². The molecule has 1 aliphatic rings. The molecule has 0 heterocycles. The molecule has 0 aromatic heterocycles. The average Bonchev–Trinajstić information content (AvgIpc) is 3.08. The minimum atomic E-state index is 0.235. The maximum atomic E-state index is 3.67. The Balaban J connectivity index is 2.35. The minimum Gasteiger partial charge on any atom is -0.310 e. The zero-order chi connectivity index (χ0) is 12.5. The molecule has 0 radical (unpaired) electrons. The van der Waals surface area contributed by atoms with E-state index in [1.54, 1.807) is 0 Å². The van der Waals surface area contributed by atoms with Gasteiger partial charge in [0.15, 0.2) is 0 Å². The van der Waals surface area contributed by atoms with E-state index in [0.29, 0.717) is 6.04 Å². The summed E-state index contributed by atoms with van der Waals surface area (Å²) in [5, 5.41) is 3.67. The lowest BCUT2D eigenvalue weighted by Crippen LogP contribution is -2.26. The Kier molecular flexibility index (Phi) is 3.58. The molecule has 1 aromatic carbocycles. The standard InChI is InChI=1S/C16H25N/c1-5-17-15(12-10-11-12)13-8-6-7-9-14(13)16(2,3)4/h6-9,12,15,17H,5,10-11H2,1-4H3. The minimum absolute atomic E-state index is 0.235. The summed E-state index contributed by atoms with van der Waals surface area (Å²) >= 11 is 0. The lowest BCUT2D eigenvalue weighted by atomic mass is 9.81. The Hall–Kier alpha value is -0.820. The van der Waals surface area contributed by atoms with Crippen LogP contribution < -0.4 is 5.32 Å². The van der Waals surface area contributed by atoms with E-state index >= 15 is 0 Å². The van der Waals surface area contributed by atoms with Crippen LogP contribution in [0, 0.1) is 5.92 Å². The molecule has 94 valence electrons. The van der Waals surface area contributed by atoms with Gasteiger partial charge in [-0.25, -0.2) is 0 Å². The molecule has 0 spiro atoms. The average molecular weight is 231 g/mol. The van der Waals surface area contributed by atoms with E-state index in [9.17, 15) is 0 Å². The summed E-state index contributed by atoms with van der Waals surface area (Å²) in [4.78, 5) is 0. The van der Waals surface area contributed by atoms with Crippen LogP contribution in [0.4, 0.5) is 0 Å². The first-order valence-corrected chi connectivity index (χ1v) is 6.87. The van der Waals surface area contributed by atoms with Crippen molar-refractivity contribution in [3.8, 4) is 0 Å². The fourth-order valence-electron chi connectivity index (χ4n) is 2.63. The number of hydrogen-bond donors (Lipinski definition) is 1. The molecule has 0 saturated heterocycles. The van der Waals surface area contributed by atoms with Crippen molar-refractivity contribution in [2.45, 2.75) is 52.0 Å². The number of benzene rings is 1. The molecule has 0 bridgehead atoms. The zero-order valence-corrected chi connectivity index (χ0v) is 11.6. The smallest absolute Gasteiger partial charge is 0.0351 e. The summed E-state index contributed by atoms with van der Waals surface area (Å²) < 4.78 is 0.